The molecule has 1 aliphatic rings. The number of pyridine rings is 1. The maximum absolute atomic E-state index is 4.60. The zero-order valence-corrected chi connectivity index (χ0v) is 9.26. The summed E-state index contributed by atoms with van der Waals surface area (Å²) >= 11 is 0. The molecule has 1 aliphatic carbocycles. The number of fused-ring (bicyclic) bond motifs is 1. The van der Waals surface area contributed by atoms with Crippen LogP contribution >= 0.6 is 0 Å². The zero-order chi connectivity index (χ0) is 10.8. The minimum Gasteiger partial charge on any atom is -0.260 e. The molecule has 1 atom stereocenters. The van der Waals surface area contributed by atoms with Crippen molar-refractivity contribution in [3.63, 3.8) is 0 Å². The molecular weight excluding hydrogens is 194 g/mol. The highest BCUT2D eigenvalue weighted by Gasteiger charge is 2.15. The number of benzene rings is 1. The van der Waals surface area contributed by atoms with Gasteiger partial charge < -0.3 is 0 Å². The molecule has 0 saturated carbocycles. The first kappa shape index (κ1) is 9.59. The third-order valence-corrected chi connectivity index (χ3v) is 3.36. The highest BCUT2D eigenvalue weighted by Crippen LogP contribution is 2.31. The topological polar surface area (TPSA) is 12.9 Å². The average molecular weight is 209 g/mol. The average Bonchev–Trinajstić information content (AvgIpc) is 2.39. The van der Waals surface area contributed by atoms with Gasteiger partial charge in [0.1, 0.15) is 0 Å². The Kier molecular flexibility index (Phi) is 2.45. The van der Waals surface area contributed by atoms with Crippen molar-refractivity contribution in [1.29, 1.82) is 0 Å². The van der Waals surface area contributed by atoms with E-state index in [-0.39, 0.29) is 0 Å². The van der Waals surface area contributed by atoms with Crippen LogP contribution in [0, 0.1) is 0 Å². The lowest BCUT2D eigenvalue weighted by molar-refractivity contribution is 0.606. The maximum atomic E-state index is 4.60. The highest BCUT2D eigenvalue weighted by atomic mass is 14.7. The molecule has 0 saturated heterocycles. The van der Waals surface area contributed by atoms with Gasteiger partial charge in [-0.3, -0.25) is 4.98 Å². The van der Waals surface area contributed by atoms with Crippen molar-refractivity contribution in [2.45, 2.75) is 25.2 Å². The number of nitrogens with zero attached hydrogens (tertiary/aromatic N) is 1. The van der Waals surface area contributed by atoms with Crippen LogP contribution in [-0.4, -0.2) is 4.98 Å². The van der Waals surface area contributed by atoms with Gasteiger partial charge in [-0.05, 0) is 30.7 Å². The molecular formula is C15H15N. The second-order valence-electron chi connectivity index (χ2n) is 4.40. The van der Waals surface area contributed by atoms with Crippen LogP contribution in [0.2, 0.25) is 0 Å². The van der Waals surface area contributed by atoms with Crippen LogP contribution in [-0.2, 0) is 0 Å². The van der Waals surface area contributed by atoms with Gasteiger partial charge in [0.2, 0.25) is 0 Å². The van der Waals surface area contributed by atoms with Crippen LogP contribution in [0.5, 0.6) is 0 Å². The van der Waals surface area contributed by atoms with E-state index < -0.39 is 0 Å². The Morgan fingerprint density at radius 1 is 1.06 bits per heavy atom. The first-order chi connectivity index (χ1) is 7.95. The van der Waals surface area contributed by atoms with E-state index in [1.165, 1.54) is 29.3 Å². The van der Waals surface area contributed by atoms with E-state index in [0.717, 1.165) is 6.42 Å². The van der Waals surface area contributed by atoms with Crippen LogP contribution in [0.3, 0.4) is 0 Å². The summed E-state index contributed by atoms with van der Waals surface area (Å²) in [6.07, 6.45) is 10.1. The lowest BCUT2D eigenvalue weighted by Crippen LogP contribution is -2.03. The van der Waals surface area contributed by atoms with Crippen molar-refractivity contribution in [1.82, 2.24) is 4.98 Å². The molecule has 0 fully saturated rings. The predicted molar refractivity (Wildman–Crippen MR) is 67.5 cm³/mol. The van der Waals surface area contributed by atoms with Crippen molar-refractivity contribution >= 4 is 10.8 Å². The molecule has 1 nitrogen and oxygen atoms in total. The monoisotopic (exact) mass is 209 g/mol. The third kappa shape index (κ3) is 1.63. The van der Waals surface area contributed by atoms with Crippen LogP contribution in [0.1, 0.15) is 30.9 Å². The van der Waals surface area contributed by atoms with Gasteiger partial charge in [0.15, 0.2) is 0 Å². The predicted octanol–water partition coefficient (Wildman–Crippen LogP) is 4.06. The Labute approximate surface area is 95.8 Å². The summed E-state index contributed by atoms with van der Waals surface area (Å²) in [6, 6.07) is 10.6. The summed E-state index contributed by atoms with van der Waals surface area (Å²) < 4.78 is 0. The highest BCUT2D eigenvalue weighted by molar-refractivity contribution is 5.84. The molecule has 0 N–H and O–H groups in total. The summed E-state index contributed by atoms with van der Waals surface area (Å²) in [7, 11) is 0. The molecule has 1 aromatic carbocycles. The number of rotatable bonds is 1. The van der Waals surface area contributed by atoms with Gasteiger partial charge >= 0.3 is 0 Å². The first-order valence-electron chi connectivity index (χ1n) is 5.94. The molecule has 1 unspecified atom stereocenters. The van der Waals surface area contributed by atoms with Gasteiger partial charge in [-0.2, -0.15) is 0 Å². The quantitative estimate of drug-likeness (QED) is 0.645. The molecule has 1 aromatic heterocycles. The Hall–Kier alpha value is -1.63. The minimum absolute atomic E-state index is 0.607. The summed E-state index contributed by atoms with van der Waals surface area (Å²) in [6.45, 7) is 0. The summed E-state index contributed by atoms with van der Waals surface area (Å²) in [5, 5.41) is 2.63. The Morgan fingerprint density at radius 3 is 2.88 bits per heavy atom. The van der Waals surface area contributed by atoms with Gasteiger partial charge in [0.05, 0.1) is 5.69 Å². The Morgan fingerprint density at radius 2 is 2.00 bits per heavy atom. The van der Waals surface area contributed by atoms with E-state index in [4.69, 9.17) is 0 Å². The fourth-order valence-corrected chi connectivity index (χ4v) is 2.51. The van der Waals surface area contributed by atoms with Crippen molar-refractivity contribution in [3.8, 4) is 0 Å². The standard InChI is InChI=1S/C15H15N/c1-2-7-13(8-3-1)15-14-9-5-4-6-12(14)10-11-16-15/h1-2,4-6,9-11,13H,3,7-8H2. The van der Waals surface area contributed by atoms with E-state index in [9.17, 15) is 0 Å². The lowest BCUT2D eigenvalue weighted by Gasteiger charge is -2.18. The Bertz CT molecular complexity index is 522. The lowest BCUT2D eigenvalue weighted by atomic mass is 9.89. The zero-order valence-electron chi connectivity index (χ0n) is 9.26. The molecule has 1 heterocycles. The van der Waals surface area contributed by atoms with E-state index in [0.29, 0.717) is 5.92 Å². The number of aromatic nitrogens is 1. The van der Waals surface area contributed by atoms with E-state index in [1.54, 1.807) is 0 Å². The number of allylic oxidation sites excluding steroid dienone is 2. The summed E-state index contributed by atoms with van der Waals surface area (Å²) in [5.41, 5.74) is 1.28. The summed E-state index contributed by atoms with van der Waals surface area (Å²) in [5.74, 6) is 0.607. The third-order valence-electron chi connectivity index (χ3n) is 3.36. The Balaban J connectivity index is 2.12. The van der Waals surface area contributed by atoms with Crippen molar-refractivity contribution in [3.05, 3.63) is 54.4 Å². The second-order valence-corrected chi connectivity index (χ2v) is 4.40. The van der Waals surface area contributed by atoms with Crippen molar-refractivity contribution < 1.29 is 0 Å². The molecule has 3 rings (SSSR count). The SMILES string of the molecule is C1=CCC(c2nccc3ccccc23)CC1. The van der Waals surface area contributed by atoms with Crippen LogP contribution < -0.4 is 0 Å². The molecule has 0 radical (unpaired) electrons. The molecule has 0 aliphatic heterocycles. The number of hydrogen-bond acceptors (Lipinski definition) is 1. The minimum atomic E-state index is 0.607. The van der Waals surface area contributed by atoms with E-state index in [1.807, 2.05) is 6.20 Å². The van der Waals surface area contributed by atoms with Crippen LogP contribution in [0.4, 0.5) is 0 Å². The maximum Gasteiger partial charge on any atom is 0.0515 e. The summed E-state index contributed by atoms with van der Waals surface area (Å²) in [4.78, 5) is 4.60. The largest absolute Gasteiger partial charge is 0.260 e. The molecule has 2 aromatic rings. The second kappa shape index (κ2) is 4.09. The fraction of sp³-hybridized carbons (Fsp3) is 0.267. The van der Waals surface area contributed by atoms with Crippen molar-refractivity contribution in [2.24, 2.45) is 0 Å². The molecule has 80 valence electrons. The van der Waals surface area contributed by atoms with Crippen LogP contribution in [0.25, 0.3) is 10.8 Å². The molecule has 1 heteroatoms. The molecule has 0 bridgehead atoms. The van der Waals surface area contributed by atoms with Gasteiger partial charge in [-0.15, -0.1) is 0 Å². The molecule has 0 spiro atoms. The van der Waals surface area contributed by atoms with Crippen molar-refractivity contribution in [2.75, 3.05) is 0 Å². The van der Waals surface area contributed by atoms with Gasteiger partial charge in [-0.25, -0.2) is 0 Å². The van der Waals surface area contributed by atoms with Crippen LogP contribution in [0.15, 0.2) is 48.7 Å². The fourth-order valence-electron chi connectivity index (χ4n) is 2.51. The molecule has 0 amide bonds. The normalized spacial score (nSPS) is 20.1. The van der Waals surface area contributed by atoms with Gasteiger partial charge in [0.25, 0.3) is 0 Å². The van der Waals surface area contributed by atoms with E-state index in [2.05, 4.69) is 47.5 Å². The number of hydrogen-bond donors (Lipinski definition) is 0. The van der Waals surface area contributed by atoms with E-state index >= 15 is 0 Å². The van der Waals surface area contributed by atoms with Gasteiger partial charge in [0, 0.05) is 17.5 Å². The smallest absolute Gasteiger partial charge is 0.0515 e. The van der Waals surface area contributed by atoms with Gasteiger partial charge in [-0.1, -0.05) is 36.4 Å². The molecule has 16 heavy (non-hydrogen) atoms. The first-order valence-corrected chi connectivity index (χ1v) is 5.94.